The number of hydrogen-bond acceptors (Lipinski definition) is 4. The quantitative estimate of drug-likeness (QED) is 0.732. The molecule has 5 heteroatoms. The third-order valence-electron chi connectivity index (χ3n) is 1.94. The van der Waals surface area contributed by atoms with Gasteiger partial charge in [0, 0.05) is 12.1 Å². The van der Waals surface area contributed by atoms with Gasteiger partial charge in [0.1, 0.15) is 0 Å². The summed E-state index contributed by atoms with van der Waals surface area (Å²) in [6.07, 6.45) is 0. The minimum Gasteiger partial charge on any atom is -0.490 e. The molecule has 16 heavy (non-hydrogen) atoms. The first-order valence-corrected chi connectivity index (χ1v) is 5.04. The van der Waals surface area contributed by atoms with E-state index in [0.717, 1.165) is 5.56 Å². The van der Waals surface area contributed by atoms with Crippen LogP contribution in [0.4, 0.5) is 0 Å². The van der Waals surface area contributed by atoms with E-state index in [1.165, 1.54) is 0 Å². The van der Waals surface area contributed by atoms with Crippen molar-refractivity contribution in [2.75, 3.05) is 13.2 Å². The molecule has 0 saturated carbocycles. The first-order chi connectivity index (χ1) is 7.69. The zero-order valence-electron chi connectivity index (χ0n) is 9.23. The fraction of sp³-hybridized carbons (Fsp3) is 0.364. The molecule has 0 radical (unpaired) electrons. The lowest BCUT2D eigenvalue weighted by molar-refractivity contribution is -0.119. The second-order valence-corrected chi connectivity index (χ2v) is 3.14. The van der Waals surface area contributed by atoms with Crippen LogP contribution in [-0.2, 0) is 11.3 Å². The number of carbonyl (C=O) groups excluding carboxylic acids is 1. The lowest BCUT2D eigenvalue weighted by atomic mass is 10.2. The lowest BCUT2D eigenvalue weighted by Gasteiger charge is -2.14. The molecule has 0 aromatic heterocycles. The number of rotatable bonds is 6. The van der Waals surface area contributed by atoms with Crippen LogP contribution in [0.15, 0.2) is 18.2 Å². The summed E-state index contributed by atoms with van der Waals surface area (Å²) in [4.78, 5) is 10.7. The molecule has 4 N–H and O–H groups in total. The molecule has 88 valence electrons. The van der Waals surface area contributed by atoms with E-state index in [-0.39, 0.29) is 6.61 Å². The van der Waals surface area contributed by atoms with Crippen molar-refractivity contribution in [3.8, 4) is 11.5 Å². The van der Waals surface area contributed by atoms with Crippen LogP contribution in [0.1, 0.15) is 12.5 Å². The van der Waals surface area contributed by atoms with Crippen molar-refractivity contribution in [2.24, 2.45) is 11.5 Å². The van der Waals surface area contributed by atoms with Gasteiger partial charge in [0.2, 0.25) is 0 Å². The summed E-state index contributed by atoms with van der Waals surface area (Å²) >= 11 is 0. The Bertz CT molecular complexity index is 366. The molecule has 0 heterocycles. The van der Waals surface area contributed by atoms with Gasteiger partial charge < -0.3 is 20.9 Å². The maximum Gasteiger partial charge on any atom is 0.255 e. The van der Waals surface area contributed by atoms with Crippen LogP contribution in [0, 0.1) is 0 Å². The Labute approximate surface area is 94.3 Å². The average Bonchev–Trinajstić information content (AvgIpc) is 2.27. The number of hydrogen-bond donors (Lipinski definition) is 2. The molecule has 0 aliphatic rings. The van der Waals surface area contributed by atoms with E-state index in [4.69, 9.17) is 20.9 Å². The van der Waals surface area contributed by atoms with E-state index < -0.39 is 5.91 Å². The number of carbonyl (C=O) groups is 1. The molecule has 0 aliphatic carbocycles. The molecule has 0 saturated heterocycles. The number of primary amides is 1. The van der Waals surface area contributed by atoms with Gasteiger partial charge in [0.05, 0.1) is 6.61 Å². The molecule has 0 atom stereocenters. The first kappa shape index (κ1) is 12.3. The van der Waals surface area contributed by atoms with Crippen LogP contribution in [0.2, 0.25) is 0 Å². The summed E-state index contributed by atoms with van der Waals surface area (Å²) in [5.74, 6) is 0.534. The van der Waals surface area contributed by atoms with Crippen LogP contribution < -0.4 is 20.9 Å². The summed E-state index contributed by atoms with van der Waals surface area (Å²) in [6, 6.07) is 5.40. The Morgan fingerprint density at radius 3 is 2.69 bits per heavy atom. The molecule has 0 spiro atoms. The van der Waals surface area contributed by atoms with Crippen molar-refractivity contribution in [1.82, 2.24) is 0 Å². The van der Waals surface area contributed by atoms with E-state index in [0.29, 0.717) is 24.7 Å². The number of para-hydroxylation sites is 1. The molecule has 0 aliphatic heterocycles. The van der Waals surface area contributed by atoms with Gasteiger partial charge in [0.25, 0.3) is 5.91 Å². The Morgan fingerprint density at radius 2 is 2.12 bits per heavy atom. The molecule has 5 nitrogen and oxygen atoms in total. The third kappa shape index (κ3) is 3.13. The molecular formula is C11H16N2O3. The Balaban J connectivity index is 2.94. The van der Waals surface area contributed by atoms with E-state index in [2.05, 4.69) is 0 Å². The third-order valence-corrected chi connectivity index (χ3v) is 1.94. The summed E-state index contributed by atoms with van der Waals surface area (Å²) in [7, 11) is 0. The molecule has 1 amide bonds. The number of ether oxygens (including phenoxy) is 2. The Kier molecular flexibility index (Phi) is 4.60. The summed E-state index contributed by atoms with van der Waals surface area (Å²) in [5.41, 5.74) is 11.4. The van der Waals surface area contributed by atoms with Crippen molar-refractivity contribution < 1.29 is 14.3 Å². The zero-order chi connectivity index (χ0) is 12.0. The number of amides is 1. The molecule has 1 aromatic carbocycles. The molecule has 1 aromatic rings. The molecular weight excluding hydrogens is 208 g/mol. The highest BCUT2D eigenvalue weighted by atomic mass is 16.5. The highest BCUT2D eigenvalue weighted by Crippen LogP contribution is 2.30. The Hall–Kier alpha value is -1.75. The van der Waals surface area contributed by atoms with Gasteiger partial charge in [0.15, 0.2) is 18.1 Å². The van der Waals surface area contributed by atoms with Gasteiger partial charge in [-0.25, -0.2) is 0 Å². The predicted octanol–water partition coefficient (Wildman–Crippen LogP) is 0.408. The molecule has 1 rings (SSSR count). The average molecular weight is 224 g/mol. The van der Waals surface area contributed by atoms with Gasteiger partial charge in [-0.1, -0.05) is 12.1 Å². The van der Waals surface area contributed by atoms with Crippen LogP contribution in [0.5, 0.6) is 11.5 Å². The zero-order valence-corrected chi connectivity index (χ0v) is 9.23. The topological polar surface area (TPSA) is 87.6 Å². The van der Waals surface area contributed by atoms with Crippen molar-refractivity contribution in [3.63, 3.8) is 0 Å². The standard InChI is InChI=1S/C11H16N2O3/c1-2-15-9-5-3-4-8(6-12)11(9)16-7-10(13)14/h3-5H,2,6-7,12H2,1H3,(H2,13,14). The molecule has 0 fully saturated rings. The van der Waals surface area contributed by atoms with Crippen molar-refractivity contribution >= 4 is 5.91 Å². The maximum atomic E-state index is 10.7. The van der Waals surface area contributed by atoms with Crippen molar-refractivity contribution in [3.05, 3.63) is 23.8 Å². The predicted molar refractivity (Wildman–Crippen MR) is 60.2 cm³/mol. The van der Waals surface area contributed by atoms with Crippen LogP contribution >= 0.6 is 0 Å². The molecule has 0 unspecified atom stereocenters. The summed E-state index contributed by atoms with van der Waals surface area (Å²) < 4.78 is 10.7. The van der Waals surface area contributed by atoms with Gasteiger partial charge in [-0.3, -0.25) is 4.79 Å². The number of benzene rings is 1. The minimum atomic E-state index is -0.533. The van der Waals surface area contributed by atoms with Gasteiger partial charge in [-0.2, -0.15) is 0 Å². The van der Waals surface area contributed by atoms with Crippen molar-refractivity contribution in [2.45, 2.75) is 13.5 Å². The van der Waals surface area contributed by atoms with Crippen molar-refractivity contribution in [1.29, 1.82) is 0 Å². The van der Waals surface area contributed by atoms with Crippen LogP contribution in [0.3, 0.4) is 0 Å². The van der Waals surface area contributed by atoms with Gasteiger partial charge in [-0.15, -0.1) is 0 Å². The maximum absolute atomic E-state index is 10.7. The normalized spacial score (nSPS) is 9.88. The second-order valence-electron chi connectivity index (χ2n) is 3.14. The van der Waals surface area contributed by atoms with Gasteiger partial charge in [-0.05, 0) is 13.0 Å². The van der Waals surface area contributed by atoms with Crippen LogP contribution in [-0.4, -0.2) is 19.1 Å². The first-order valence-electron chi connectivity index (χ1n) is 5.04. The smallest absolute Gasteiger partial charge is 0.255 e. The minimum absolute atomic E-state index is 0.183. The fourth-order valence-corrected chi connectivity index (χ4v) is 1.30. The van der Waals surface area contributed by atoms with E-state index in [1.54, 1.807) is 6.07 Å². The SMILES string of the molecule is CCOc1cccc(CN)c1OCC(N)=O. The van der Waals surface area contributed by atoms with E-state index in [1.807, 2.05) is 19.1 Å². The monoisotopic (exact) mass is 224 g/mol. The largest absolute Gasteiger partial charge is 0.490 e. The highest BCUT2D eigenvalue weighted by Gasteiger charge is 2.10. The summed E-state index contributed by atoms with van der Waals surface area (Å²) in [6.45, 7) is 2.51. The van der Waals surface area contributed by atoms with E-state index in [9.17, 15) is 4.79 Å². The highest BCUT2D eigenvalue weighted by molar-refractivity contribution is 5.75. The fourth-order valence-electron chi connectivity index (χ4n) is 1.30. The summed E-state index contributed by atoms with van der Waals surface area (Å²) in [5, 5.41) is 0. The Morgan fingerprint density at radius 1 is 1.38 bits per heavy atom. The van der Waals surface area contributed by atoms with E-state index >= 15 is 0 Å². The lowest BCUT2D eigenvalue weighted by Crippen LogP contribution is -2.21. The van der Waals surface area contributed by atoms with Gasteiger partial charge >= 0.3 is 0 Å². The molecule has 0 bridgehead atoms. The van der Waals surface area contributed by atoms with Crippen LogP contribution in [0.25, 0.3) is 0 Å². The number of nitrogens with two attached hydrogens (primary N) is 2. The second kappa shape index (κ2) is 5.97.